The molecule has 5 aliphatic carbocycles. The predicted molar refractivity (Wildman–Crippen MR) is 135 cm³/mol. The van der Waals surface area contributed by atoms with E-state index in [9.17, 15) is 5.11 Å². The van der Waals surface area contributed by atoms with E-state index in [4.69, 9.17) is 0 Å². The van der Waals surface area contributed by atoms with Gasteiger partial charge in [0.1, 0.15) is 0 Å². The first-order chi connectivity index (χ1) is 15.1. The van der Waals surface area contributed by atoms with Crippen LogP contribution in [0.15, 0.2) is 0 Å². The lowest BCUT2D eigenvalue weighted by Crippen LogP contribution is -2.55. The summed E-state index contributed by atoms with van der Waals surface area (Å²) in [4.78, 5) is 0. The van der Waals surface area contributed by atoms with E-state index in [1.807, 2.05) is 0 Å². The fourth-order valence-electron chi connectivity index (χ4n) is 11.7. The quantitative estimate of drug-likeness (QED) is 0.437. The second kappa shape index (κ2) is 7.73. The minimum atomic E-state index is -0.0289. The molecule has 0 aliphatic heterocycles. The summed E-state index contributed by atoms with van der Waals surface area (Å²) in [5.74, 6) is 5.89. The molecule has 5 saturated carbocycles. The van der Waals surface area contributed by atoms with Crippen molar-refractivity contribution in [3.8, 4) is 0 Å². The highest BCUT2D eigenvalue weighted by Gasteiger charge is 2.81. The van der Waals surface area contributed by atoms with Gasteiger partial charge in [0.05, 0.1) is 6.10 Å². The Morgan fingerprint density at radius 1 is 0.844 bits per heavy atom. The Bertz CT molecular complexity index is 713. The monoisotopic (exact) mass is 442 g/mol. The summed E-state index contributed by atoms with van der Waals surface area (Å²) in [6.07, 6.45) is 17.0. The number of aliphatic hydroxyl groups excluding tert-OH is 1. The van der Waals surface area contributed by atoms with E-state index in [1.54, 1.807) is 0 Å². The molecular weight excluding hydrogens is 388 g/mol. The van der Waals surface area contributed by atoms with Crippen LogP contribution < -0.4 is 0 Å². The highest BCUT2D eigenvalue weighted by molar-refractivity contribution is 5.29. The van der Waals surface area contributed by atoms with Gasteiger partial charge >= 0.3 is 0 Å². The lowest BCUT2D eigenvalue weighted by molar-refractivity contribution is -0.143. The number of rotatable bonds is 6. The molecule has 1 N–H and O–H groups in total. The van der Waals surface area contributed by atoms with E-state index >= 15 is 0 Å². The van der Waals surface area contributed by atoms with Crippen molar-refractivity contribution in [2.24, 2.45) is 63.1 Å². The first-order valence-electron chi connectivity index (χ1n) is 14.7. The van der Waals surface area contributed by atoms with Gasteiger partial charge in [-0.05, 0) is 127 Å². The Kier molecular flexibility index (Phi) is 5.72. The van der Waals surface area contributed by atoms with Crippen LogP contribution in [0.3, 0.4) is 0 Å². The van der Waals surface area contributed by atoms with E-state index in [-0.39, 0.29) is 6.10 Å². The Hall–Kier alpha value is -0.0400. The second-order valence-electron chi connectivity index (χ2n) is 14.6. The van der Waals surface area contributed by atoms with Gasteiger partial charge < -0.3 is 5.11 Å². The predicted octanol–water partition coefficient (Wildman–Crippen LogP) is 8.49. The Morgan fingerprint density at radius 3 is 2.28 bits per heavy atom. The van der Waals surface area contributed by atoms with Crippen molar-refractivity contribution in [3.63, 3.8) is 0 Å². The molecule has 5 rings (SSSR count). The van der Waals surface area contributed by atoms with Crippen LogP contribution in [-0.2, 0) is 0 Å². The zero-order valence-corrected chi connectivity index (χ0v) is 22.6. The maximum Gasteiger partial charge on any atom is 0.0568 e. The second-order valence-corrected chi connectivity index (χ2v) is 14.6. The molecule has 5 aliphatic rings. The van der Waals surface area contributed by atoms with Gasteiger partial charge in [0.15, 0.2) is 0 Å². The van der Waals surface area contributed by atoms with Crippen LogP contribution in [0, 0.1) is 63.1 Å². The van der Waals surface area contributed by atoms with Gasteiger partial charge in [-0.15, -0.1) is 0 Å². The van der Waals surface area contributed by atoms with Crippen molar-refractivity contribution in [1.82, 2.24) is 0 Å². The van der Waals surface area contributed by atoms with Crippen LogP contribution in [0.2, 0.25) is 0 Å². The van der Waals surface area contributed by atoms with Gasteiger partial charge in [0.2, 0.25) is 0 Å². The van der Waals surface area contributed by atoms with Crippen LogP contribution >= 0.6 is 0 Å². The largest absolute Gasteiger partial charge is 0.393 e. The molecule has 0 aromatic rings. The number of hydrogen-bond donors (Lipinski definition) is 1. The van der Waals surface area contributed by atoms with Crippen LogP contribution in [0.5, 0.6) is 0 Å². The molecule has 1 heteroatoms. The summed E-state index contributed by atoms with van der Waals surface area (Å²) in [7, 11) is 0. The van der Waals surface area contributed by atoms with Crippen molar-refractivity contribution in [2.45, 2.75) is 132 Å². The highest BCUT2D eigenvalue weighted by atomic mass is 16.3. The summed E-state index contributed by atoms with van der Waals surface area (Å²) < 4.78 is 0. The first kappa shape index (κ1) is 23.7. The topological polar surface area (TPSA) is 20.2 Å². The maximum atomic E-state index is 10.6. The van der Waals surface area contributed by atoms with E-state index in [0.29, 0.717) is 27.6 Å². The third kappa shape index (κ3) is 2.91. The van der Waals surface area contributed by atoms with Crippen molar-refractivity contribution >= 4 is 0 Å². The fraction of sp³-hybridized carbons (Fsp3) is 1.00. The lowest BCUT2D eigenvalue weighted by atomic mass is 9.43. The van der Waals surface area contributed by atoms with E-state index in [0.717, 1.165) is 41.9 Å². The third-order valence-corrected chi connectivity index (χ3v) is 13.9. The van der Waals surface area contributed by atoms with Crippen LogP contribution in [0.1, 0.15) is 126 Å². The van der Waals surface area contributed by atoms with Crippen LogP contribution in [-0.4, -0.2) is 11.2 Å². The van der Waals surface area contributed by atoms with Gasteiger partial charge in [0, 0.05) is 0 Å². The summed E-state index contributed by atoms with van der Waals surface area (Å²) in [5.41, 5.74) is 2.38. The number of hydrogen-bond acceptors (Lipinski definition) is 1. The number of aliphatic hydroxyl groups is 1. The normalized spacial score (nSPS) is 53.7. The average molecular weight is 443 g/mol. The maximum absolute atomic E-state index is 10.6. The molecular formula is C31H54O. The van der Waals surface area contributed by atoms with Crippen molar-refractivity contribution in [1.29, 1.82) is 0 Å². The minimum absolute atomic E-state index is 0.0289. The summed E-state index contributed by atoms with van der Waals surface area (Å²) >= 11 is 0. The van der Waals surface area contributed by atoms with Gasteiger partial charge in [-0.2, -0.15) is 0 Å². The van der Waals surface area contributed by atoms with Crippen molar-refractivity contribution in [2.75, 3.05) is 0 Å². The average Bonchev–Trinajstić information content (AvgIpc) is 3.33. The van der Waals surface area contributed by atoms with E-state index in [2.05, 4.69) is 48.5 Å². The molecule has 0 saturated heterocycles. The van der Waals surface area contributed by atoms with Crippen LogP contribution in [0.4, 0.5) is 0 Å². The molecule has 11 atom stereocenters. The molecule has 0 heterocycles. The van der Waals surface area contributed by atoms with Gasteiger partial charge in [-0.25, -0.2) is 0 Å². The molecule has 0 amide bonds. The molecule has 0 bridgehead atoms. The first-order valence-corrected chi connectivity index (χ1v) is 14.7. The zero-order chi connectivity index (χ0) is 23.1. The molecule has 2 spiro atoms. The Labute approximate surface area is 199 Å². The summed E-state index contributed by atoms with van der Waals surface area (Å²) in [6, 6.07) is 0. The molecule has 0 radical (unpaired) electrons. The van der Waals surface area contributed by atoms with Gasteiger partial charge in [-0.3, -0.25) is 0 Å². The minimum Gasteiger partial charge on any atom is -0.393 e. The van der Waals surface area contributed by atoms with Gasteiger partial charge in [0.25, 0.3) is 0 Å². The smallest absolute Gasteiger partial charge is 0.0568 e. The molecule has 5 fully saturated rings. The molecule has 184 valence electrons. The molecule has 0 aromatic heterocycles. The molecule has 0 unspecified atom stereocenters. The van der Waals surface area contributed by atoms with E-state index in [1.165, 1.54) is 70.6 Å². The molecule has 1 nitrogen and oxygen atoms in total. The lowest BCUT2D eigenvalue weighted by Gasteiger charge is -2.62. The standard InChI is InChI=1S/C31H54O/c1-8-23(20(2)3)10-9-21(4)24-13-15-29(7)27-12-11-25-22(5)26(32)14-16-30(25)19-31(27,30)18-17-28(24,29)6/h20-27,32H,8-19H2,1-7H3/t21-,22+,23+,24-,25+,26+,27+,28-,29+,30-,31+/m1/s1. The Morgan fingerprint density at radius 2 is 1.59 bits per heavy atom. The molecule has 0 aromatic carbocycles. The zero-order valence-electron chi connectivity index (χ0n) is 22.6. The van der Waals surface area contributed by atoms with Crippen molar-refractivity contribution in [3.05, 3.63) is 0 Å². The SMILES string of the molecule is CC[C@@H](CC[C@@H](C)[C@H]1CC[C@@]2(C)[C@@H]3CC[C@H]4[C@H](C)[C@@H](O)CC[C@@]45C[C@@]35CC[C@]12C)C(C)C. The third-order valence-electron chi connectivity index (χ3n) is 13.9. The van der Waals surface area contributed by atoms with Crippen LogP contribution in [0.25, 0.3) is 0 Å². The molecule has 32 heavy (non-hydrogen) atoms. The Balaban J connectivity index is 1.35. The fourth-order valence-corrected chi connectivity index (χ4v) is 11.7. The van der Waals surface area contributed by atoms with Gasteiger partial charge in [-0.1, -0.05) is 61.3 Å². The number of fused-ring (bicyclic) bond motifs is 2. The van der Waals surface area contributed by atoms with Crippen molar-refractivity contribution < 1.29 is 5.11 Å². The summed E-state index contributed by atoms with van der Waals surface area (Å²) in [5, 5.41) is 10.6. The summed E-state index contributed by atoms with van der Waals surface area (Å²) in [6.45, 7) is 17.8. The highest BCUT2D eigenvalue weighted by Crippen LogP contribution is 2.88. The van der Waals surface area contributed by atoms with E-state index < -0.39 is 0 Å².